The number of nitrogens with zero attached hydrogens (tertiary/aromatic N) is 1. The summed E-state index contributed by atoms with van der Waals surface area (Å²) in [4.78, 5) is 2.55. The topological polar surface area (TPSA) is 35.5 Å². The second-order valence-corrected chi connectivity index (χ2v) is 8.40. The van der Waals surface area contributed by atoms with E-state index in [0.29, 0.717) is 11.8 Å². The molecule has 2 aliphatic rings. The maximum Gasteiger partial charge on any atom is 0.144 e. The van der Waals surface area contributed by atoms with Crippen LogP contribution in [0, 0.1) is 5.92 Å². The van der Waals surface area contributed by atoms with Crippen molar-refractivity contribution in [2.24, 2.45) is 5.92 Å². The number of halogens is 3. The molecule has 1 heterocycles. The van der Waals surface area contributed by atoms with E-state index in [4.69, 9.17) is 0 Å². The molecule has 1 aromatic rings. The summed E-state index contributed by atoms with van der Waals surface area (Å²) in [6.07, 6.45) is 3.87. The number of phenolic OH excluding ortho intramolecular Hbond substituents is 1. The maximum atomic E-state index is 10.3. The second-order valence-electron chi connectivity index (χ2n) is 5.90. The van der Waals surface area contributed by atoms with Crippen LogP contribution in [-0.2, 0) is 0 Å². The Hall–Kier alpha value is 0.380. The van der Waals surface area contributed by atoms with Gasteiger partial charge in [0.2, 0.25) is 0 Å². The molecule has 0 radical (unpaired) electrons. The average Bonchev–Trinajstić information content (AvgIpc) is 3.29. The van der Waals surface area contributed by atoms with Gasteiger partial charge in [0.25, 0.3) is 0 Å². The minimum absolute atomic E-state index is 0.295. The molecule has 0 aromatic heterocycles. The Morgan fingerprint density at radius 2 is 1.86 bits per heavy atom. The van der Waals surface area contributed by atoms with Gasteiger partial charge in [0.05, 0.1) is 8.95 Å². The molecule has 1 saturated heterocycles. The maximum absolute atomic E-state index is 10.3. The van der Waals surface area contributed by atoms with E-state index in [0.717, 1.165) is 45.5 Å². The van der Waals surface area contributed by atoms with Crippen molar-refractivity contribution in [2.45, 2.75) is 25.3 Å². The van der Waals surface area contributed by atoms with Gasteiger partial charge in [0.15, 0.2) is 0 Å². The predicted molar refractivity (Wildman–Crippen MR) is 95.7 cm³/mol. The van der Waals surface area contributed by atoms with Gasteiger partial charge >= 0.3 is 0 Å². The third-order valence-electron chi connectivity index (χ3n) is 4.36. The number of phenols is 1. The Balaban J connectivity index is 1.96. The van der Waals surface area contributed by atoms with Crippen LogP contribution >= 0.6 is 47.8 Å². The van der Waals surface area contributed by atoms with Gasteiger partial charge in [-0.05, 0) is 50.3 Å². The highest BCUT2D eigenvalue weighted by Gasteiger charge is 2.33. The third-order valence-corrected chi connectivity index (χ3v) is 6.42. The highest BCUT2D eigenvalue weighted by Crippen LogP contribution is 2.48. The van der Waals surface area contributed by atoms with E-state index >= 15 is 0 Å². The van der Waals surface area contributed by atoms with Crippen molar-refractivity contribution in [3.63, 3.8) is 0 Å². The summed E-state index contributed by atoms with van der Waals surface area (Å²) in [5.41, 5.74) is 1.18. The van der Waals surface area contributed by atoms with E-state index in [1.54, 1.807) is 0 Å². The number of hydrogen-bond acceptors (Lipinski definition) is 3. The molecule has 2 fully saturated rings. The predicted octanol–water partition coefficient (Wildman–Crippen LogP) is 4.43. The van der Waals surface area contributed by atoms with Crippen LogP contribution in [-0.4, -0.2) is 36.2 Å². The first-order valence-electron chi connectivity index (χ1n) is 7.39. The van der Waals surface area contributed by atoms with Crippen molar-refractivity contribution in [3.05, 3.63) is 25.0 Å². The van der Waals surface area contributed by atoms with Crippen LogP contribution in [0.1, 0.15) is 30.9 Å². The van der Waals surface area contributed by atoms with E-state index in [9.17, 15) is 5.11 Å². The van der Waals surface area contributed by atoms with Crippen molar-refractivity contribution >= 4 is 47.8 Å². The van der Waals surface area contributed by atoms with Gasteiger partial charge in [-0.3, -0.25) is 4.90 Å². The van der Waals surface area contributed by atoms with E-state index in [2.05, 4.69) is 58.0 Å². The van der Waals surface area contributed by atoms with Crippen LogP contribution in [0.25, 0.3) is 0 Å². The Bertz CT molecular complexity index is 528. The van der Waals surface area contributed by atoms with Crippen LogP contribution < -0.4 is 5.32 Å². The molecule has 0 amide bonds. The number of aromatic hydroxyl groups is 1. The fourth-order valence-electron chi connectivity index (χ4n) is 3.01. The molecular weight excluding hydrogens is 464 g/mol. The first-order chi connectivity index (χ1) is 10.1. The molecule has 3 nitrogen and oxygen atoms in total. The van der Waals surface area contributed by atoms with Gasteiger partial charge in [-0.25, -0.2) is 0 Å². The zero-order valence-electron chi connectivity index (χ0n) is 11.7. The quantitative estimate of drug-likeness (QED) is 0.666. The van der Waals surface area contributed by atoms with Crippen molar-refractivity contribution in [3.8, 4) is 5.75 Å². The van der Waals surface area contributed by atoms with Gasteiger partial charge in [0, 0.05) is 42.3 Å². The van der Waals surface area contributed by atoms with Crippen molar-refractivity contribution < 1.29 is 5.11 Å². The van der Waals surface area contributed by atoms with Crippen molar-refractivity contribution in [2.75, 3.05) is 26.2 Å². The Labute approximate surface area is 150 Å². The lowest BCUT2D eigenvalue weighted by Crippen LogP contribution is -2.45. The van der Waals surface area contributed by atoms with E-state index in [1.807, 2.05) is 6.07 Å². The molecule has 2 N–H and O–H groups in total. The largest absolute Gasteiger partial charge is 0.506 e. The van der Waals surface area contributed by atoms with Crippen molar-refractivity contribution in [1.82, 2.24) is 10.2 Å². The number of piperazine rings is 1. The van der Waals surface area contributed by atoms with E-state index in [-0.39, 0.29) is 0 Å². The summed E-state index contributed by atoms with van der Waals surface area (Å²) in [5.74, 6) is 1.14. The lowest BCUT2D eigenvalue weighted by atomic mass is 9.98. The molecule has 1 aliphatic carbocycles. The molecule has 21 heavy (non-hydrogen) atoms. The van der Waals surface area contributed by atoms with Crippen LogP contribution in [0.5, 0.6) is 5.75 Å². The van der Waals surface area contributed by atoms with Crippen molar-refractivity contribution in [1.29, 1.82) is 0 Å². The molecule has 1 aromatic carbocycles. The molecule has 3 rings (SSSR count). The monoisotopic (exact) mass is 480 g/mol. The van der Waals surface area contributed by atoms with Crippen LogP contribution in [0.15, 0.2) is 19.5 Å². The summed E-state index contributed by atoms with van der Waals surface area (Å²) >= 11 is 10.7. The minimum atomic E-state index is 0.295. The molecule has 0 unspecified atom stereocenters. The summed E-state index contributed by atoms with van der Waals surface area (Å²) in [6.45, 7) is 4.21. The lowest BCUT2D eigenvalue weighted by molar-refractivity contribution is 0.159. The Kier molecular flexibility index (Phi) is 5.31. The molecule has 0 bridgehead atoms. The SMILES string of the molecule is Oc1c(Br)cc(Br)c([C@@H](CC2CC2)N2CCNCC2)c1Br. The summed E-state index contributed by atoms with van der Waals surface area (Å²) in [6, 6.07) is 2.32. The highest BCUT2D eigenvalue weighted by molar-refractivity contribution is 9.11. The molecule has 1 aliphatic heterocycles. The third kappa shape index (κ3) is 3.66. The molecule has 0 spiro atoms. The molecule has 1 saturated carbocycles. The van der Waals surface area contributed by atoms with Gasteiger partial charge in [-0.2, -0.15) is 0 Å². The minimum Gasteiger partial charge on any atom is -0.506 e. The lowest BCUT2D eigenvalue weighted by Gasteiger charge is -2.36. The summed E-state index contributed by atoms with van der Waals surface area (Å²) in [7, 11) is 0. The van der Waals surface area contributed by atoms with Gasteiger partial charge in [-0.15, -0.1) is 0 Å². The highest BCUT2D eigenvalue weighted by atomic mass is 79.9. The first-order valence-corrected chi connectivity index (χ1v) is 9.77. The van der Waals surface area contributed by atoms with Crippen LogP contribution in [0.2, 0.25) is 0 Å². The summed E-state index contributed by atoms with van der Waals surface area (Å²) in [5, 5.41) is 13.7. The van der Waals surface area contributed by atoms with E-state index < -0.39 is 0 Å². The van der Waals surface area contributed by atoms with Gasteiger partial charge in [-0.1, -0.05) is 28.8 Å². The van der Waals surface area contributed by atoms with Gasteiger partial charge < -0.3 is 10.4 Å². The molecule has 1 atom stereocenters. The van der Waals surface area contributed by atoms with Crippen LogP contribution in [0.4, 0.5) is 0 Å². The smallest absolute Gasteiger partial charge is 0.144 e. The standard InChI is InChI=1S/C15H19Br3N2O/c16-10-8-11(17)15(21)14(18)13(10)12(7-9-1-2-9)20-5-3-19-4-6-20/h8-9,12,19,21H,1-7H2/t12-/m1/s1. The Morgan fingerprint density at radius 3 is 2.48 bits per heavy atom. The normalized spacial score (nSPS) is 21.5. The molecule has 6 heteroatoms. The zero-order chi connectivity index (χ0) is 15.0. The Morgan fingerprint density at radius 1 is 1.19 bits per heavy atom. The zero-order valence-corrected chi connectivity index (χ0v) is 16.5. The van der Waals surface area contributed by atoms with Crippen LogP contribution in [0.3, 0.4) is 0 Å². The number of nitrogens with one attached hydrogen (secondary N) is 1. The van der Waals surface area contributed by atoms with Gasteiger partial charge in [0.1, 0.15) is 5.75 Å². The number of hydrogen-bond donors (Lipinski definition) is 2. The molecular formula is C15H19Br3N2O. The second kappa shape index (κ2) is 6.87. The van der Waals surface area contributed by atoms with E-state index in [1.165, 1.54) is 24.8 Å². The molecule has 116 valence electrons. The average molecular weight is 483 g/mol. The first kappa shape index (κ1) is 16.2. The fraction of sp³-hybridized carbons (Fsp3) is 0.600. The summed E-state index contributed by atoms with van der Waals surface area (Å²) < 4.78 is 2.59. The fourth-order valence-corrected chi connectivity index (χ4v) is 5.66. The number of benzene rings is 1. The number of rotatable bonds is 4.